The quantitative estimate of drug-likeness (QED) is 0.822. The van der Waals surface area contributed by atoms with Crippen molar-refractivity contribution in [1.29, 1.82) is 0 Å². The van der Waals surface area contributed by atoms with Crippen LogP contribution in [0.1, 0.15) is 12.5 Å². The van der Waals surface area contributed by atoms with Gasteiger partial charge in [0.25, 0.3) is 0 Å². The van der Waals surface area contributed by atoms with Gasteiger partial charge in [-0.05, 0) is 42.5 Å². The minimum Gasteiger partial charge on any atom is -0.478 e. The fraction of sp³-hybridized carbons (Fsp3) is 0.214. The zero-order chi connectivity index (χ0) is 12.4. The molecule has 2 rings (SSSR count). The zero-order valence-electron chi connectivity index (χ0n) is 9.97. The third-order valence-corrected chi connectivity index (χ3v) is 2.72. The van der Waals surface area contributed by atoms with E-state index >= 15 is 0 Å². The first-order chi connectivity index (χ1) is 8.06. The van der Waals surface area contributed by atoms with Crippen molar-refractivity contribution in [3.05, 3.63) is 47.7 Å². The summed E-state index contributed by atoms with van der Waals surface area (Å²) in [5, 5.41) is 9.86. The highest BCUT2D eigenvalue weighted by Gasteiger charge is 2.02. The van der Waals surface area contributed by atoms with E-state index in [2.05, 4.69) is 29.7 Å². The van der Waals surface area contributed by atoms with E-state index < -0.39 is 5.97 Å². The normalized spacial score (nSPS) is 12.0. The highest BCUT2D eigenvalue weighted by molar-refractivity contribution is 5.82. The Morgan fingerprint density at radius 1 is 1.41 bits per heavy atom. The molecule has 0 aliphatic carbocycles. The Morgan fingerprint density at radius 2 is 2.18 bits per heavy atom. The number of carbonyl (C=O) groups is 1. The molecule has 1 heterocycles. The van der Waals surface area contributed by atoms with Gasteiger partial charge in [0.15, 0.2) is 0 Å². The van der Waals surface area contributed by atoms with E-state index in [4.69, 9.17) is 5.11 Å². The second-order valence-electron chi connectivity index (χ2n) is 4.33. The second-order valence-corrected chi connectivity index (χ2v) is 4.33. The van der Waals surface area contributed by atoms with Gasteiger partial charge in [-0.1, -0.05) is 12.1 Å². The standard InChI is InChI=1S/C14H15NO2/c1-10-3-4-12-5-6-15(13(12)7-10)9-11(2)8-14(16)17/h3-8H,9H2,1-2H3,(H,16,17). The Kier molecular flexibility index (Phi) is 3.00. The maximum absolute atomic E-state index is 10.6. The molecule has 0 bridgehead atoms. The first kappa shape index (κ1) is 11.5. The predicted molar refractivity (Wildman–Crippen MR) is 68.1 cm³/mol. The van der Waals surface area contributed by atoms with E-state index in [0.717, 1.165) is 11.1 Å². The molecule has 3 heteroatoms. The van der Waals surface area contributed by atoms with Gasteiger partial charge in [-0.2, -0.15) is 0 Å². The molecule has 2 aromatic rings. The number of benzene rings is 1. The van der Waals surface area contributed by atoms with Gasteiger partial charge in [-0.15, -0.1) is 0 Å². The van der Waals surface area contributed by atoms with Gasteiger partial charge in [0.2, 0.25) is 0 Å². The molecule has 0 amide bonds. The van der Waals surface area contributed by atoms with Gasteiger partial charge in [-0.25, -0.2) is 4.79 Å². The molecular formula is C14H15NO2. The van der Waals surface area contributed by atoms with Crippen LogP contribution in [-0.2, 0) is 11.3 Å². The Labute approximate surface area is 100.0 Å². The number of aromatic nitrogens is 1. The molecule has 0 aliphatic heterocycles. The average Bonchev–Trinajstić information content (AvgIpc) is 2.60. The van der Waals surface area contributed by atoms with Crippen LogP contribution >= 0.6 is 0 Å². The number of nitrogens with zero attached hydrogens (tertiary/aromatic N) is 1. The Bertz CT molecular complexity index is 593. The average molecular weight is 229 g/mol. The number of carboxylic acids is 1. The highest BCUT2D eigenvalue weighted by Crippen LogP contribution is 2.18. The van der Waals surface area contributed by atoms with Crippen LogP contribution in [-0.4, -0.2) is 15.6 Å². The van der Waals surface area contributed by atoms with E-state index in [1.54, 1.807) is 0 Å². The largest absolute Gasteiger partial charge is 0.478 e. The van der Waals surface area contributed by atoms with Crippen LogP contribution in [0.25, 0.3) is 10.9 Å². The fourth-order valence-electron chi connectivity index (χ4n) is 1.96. The van der Waals surface area contributed by atoms with Crippen molar-refractivity contribution in [1.82, 2.24) is 4.57 Å². The molecule has 0 aliphatic rings. The maximum atomic E-state index is 10.6. The lowest BCUT2D eigenvalue weighted by molar-refractivity contribution is -0.131. The molecule has 1 aromatic carbocycles. The number of aryl methyl sites for hydroxylation is 1. The molecule has 0 spiro atoms. The van der Waals surface area contributed by atoms with Crippen molar-refractivity contribution in [2.75, 3.05) is 0 Å². The van der Waals surface area contributed by atoms with Crippen molar-refractivity contribution < 1.29 is 9.90 Å². The molecule has 0 fully saturated rings. The summed E-state index contributed by atoms with van der Waals surface area (Å²) in [6, 6.07) is 8.32. The molecule has 0 atom stereocenters. The molecule has 17 heavy (non-hydrogen) atoms. The molecule has 1 N–H and O–H groups in total. The summed E-state index contributed by atoms with van der Waals surface area (Å²) in [5.41, 5.74) is 3.18. The number of rotatable bonds is 3. The number of allylic oxidation sites excluding steroid dienone is 1. The highest BCUT2D eigenvalue weighted by atomic mass is 16.4. The van der Waals surface area contributed by atoms with Crippen LogP contribution < -0.4 is 0 Å². The predicted octanol–water partition coefficient (Wildman–Crippen LogP) is 2.98. The summed E-state index contributed by atoms with van der Waals surface area (Å²) in [6.45, 7) is 4.49. The van der Waals surface area contributed by atoms with Gasteiger partial charge in [0, 0.05) is 24.3 Å². The van der Waals surface area contributed by atoms with Crippen molar-refractivity contribution in [3.8, 4) is 0 Å². The van der Waals surface area contributed by atoms with Crippen LogP contribution in [0.15, 0.2) is 42.1 Å². The van der Waals surface area contributed by atoms with Crippen LogP contribution in [0.5, 0.6) is 0 Å². The van der Waals surface area contributed by atoms with Gasteiger partial charge in [0.05, 0.1) is 0 Å². The number of hydrogen-bond donors (Lipinski definition) is 1. The molecule has 0 unspecified atom stereocenters. The van der Waals surface area contributed by atoms with E-state index in [9.17, 15) is 4.79 Å². The van der Waals surface area contributed by atoms with E-state index in [-0.39, 0.29) is 0 Å². The van der Waals surface area contributed by atoms with Crippen LogP contribution in [0.3, 0.4) is 0 Å². The summed E-state index contributed by atoms with van der Waals surface area (Å²) in [7, 11) is 0. The first-order valence-electron chi connectivity index (χ1n) is 5.52. The number of carboxylic acid groups (broad SMARTS) is 1. The topological polar surface area (TPSA) is 42.2 Å². The van der Waals surface area contributed by atoms with E-state index in [1.807, 2.05) is 19.2 Å². The summed E-state index contributed by atoms with van der Waals surface area (Å²) < 4.78 is 2.07. The van der Waals surface area contributed by atoms with Crippen LogP contribution in [0, 0.1) is 6.92 Å². The number of hydrogen-bond acceptors (Lipinski definition) is 1. The number of aliphatic carboxylic acids is 1. The smallest absolute Gasteiger partial charge is 0.328 e. The summed E-state index contributed by atoms with van der Waals surface area (Å²) in [4.78, 5) is 10.6. The lowest BCUT2D eigenvalue weighted by Crippen LogP contribution is -2.00. The molecule has 1 aromatic heterocycles. The lowest BCUT2D eigenvalue weighted by atomic mass is 10.2. The van der Waals surface area contributed by atoms with Gasteiger partial charge >= 0.3 is 5.97 Å². The van der Waals surface area contributed by atoms with Gasteiger partial charge in [-0.3, -0.25) is 0 Å². The Morgan fingerprint density at radius 3 is 2.88 bits per heavy atom. The molecule has 3 nitrogen and oxygen atoms in total. The monoisotopic (exact) mass is 229 g/mol. The minimum atomic E-state index is -0.893. The molecule has 0 saturated carbocycles. The van der Waals surface area contributed by atoms with Crippen molar-refractivity contribution in [2.45, 2.75) is 20.4 Å². The van der Waals surface area contributed by atoms with Crippen molar-refractivity contribution >= 4 is 16.9 Å². The second kappa shape index (κ2) is 4.45. The fourth-order valence-corrected chi connectivity index (χ4v) is 1.96. The zero-order valence-corrected chi connectivity index (χ0v) is 9.97. The molecular weight excluding hydrogens is 214 g/mol. The maximum Gasteiger partial charge on any atom is 0.328 e. The van der Waals surface area contributed by atoms with Crippen molar-refractivity contribution in [3.63, 3.8) is 0 Å². The number of fused-ring (bicyclic) bond motifs is 1. The van der Waals surface area contributed by atoms with Crippen LogP contribution in [0.2, 0.25) is 0 Å². The van der Waals surface area contributed by atoms with Gasteiger partial charge in [0.1, 0.15) is 0 Å². The lowest BCUT2D eigenvalue weighted by Gasteiger charge is -2.05. The third kappa shape index (κ3) is 2.56. The summed E-state index contributed by atoms with van der Waals surface area (Å²) in [6.07, 6.45) is 3.24. The van der Waals surface area contributed by atoms with Crippen LogP contribution in [0.4, 0.5) is 0 Å². The molecule has 0 saturated heterocycles. The van der Waals surface area contributed by atoms with Crippen molar-refractivity contribution in [2.24, 2.45) is 0 Å². The minimum absolute atomic E-state index is 0.610. The molecule has 0 radical (unpaired) electrons. The Hall–Kier alpha value is -2.03. The Balaban J connectivity index is 2.36. The van der Waals surface area contributed by atoms with E-state index in [0.29, 0.717) is 6.54 Å². The third-order valence-electron chi connectivity index (χ3n) is 2.72. The first-order valence-corrected chi connectivity index (χ1v) is 5.52. The molecule has 88 valence electrons. The van der Waals surface area contributed by atoms with Gasteiger partial charge < -0.3 is 9.67 Å². The summed E-state index contributed by atoms with van der Waals surface area (Å²) in [5.74, 6) is -0.893. The summed E-state index contributed by atoms with van der Waals surface area (Å²) >= 11 is 0. The van der Waals surface area contributed by atoms with E-state index in [1.165, 1.54) is 17.0 Å². The SMILES string of the molecule is CC(=CC(=O)O)Cn1ccc2ccc(C)cc21.